The molecule has 0 unspecified atom stereocenters. The van der Waals surface area contributed by atoms with Gasteiger partial charge in [-0.1, -0.05) is 48.5 Å². The van der Waals surface area contributed by atoms with Gasteiger partial charge in [0.2, 0.25) is 0 Å². The zero-order valence-electron chi connectivity index (χ0n) is 26.5. The van der Waals surface area contributed by atoms with E-state index in [-0.39, 0.29) is 18.5 Å². The average Bonchev–Trinajstić information content (AvgIpc) is 3.04. The van der Waals surface area contributed by atoms with Crippen LogP contribution in [0.25, 0.3) is 21.5 Å². The summed E-state index contributed by atoms with van der Waals surface area (Å²) >= 11 is 0. The Kier molecular flexibility index (Phi) is 12.6. The topological polar surface area (TPSA) is 192 Å². The molecule has 0 aliphatic carbocycles. The molecule has 0 bridgehead atoms. The van der Waals surface area contributed by atoms with Crippen LogP contribution in [0.4, 0.5) is 34.1 Å². The Labute approximate surface area is 269 Å². The number of nitrogens with one attached hydrogen (secondary N) is 2. The molecule has 0 radical (unpaired) electrons. The van der Waals surface area contributed by atoms with Crippen LogP contribution in [-0.2, 0) is 20.7 Å². The molecule has 10 heteroatoms. The quantitative estimate of drug-likeness (QED) is 0.0809. The summed E-state index contributed by atoms with van der Waals surface area (Å²) in [5.74, 6) is -0.924. The summed E-state index contributed by atoms with van der Waals surface area (Å²) in [6, 6.07) is 29.6. The predicted octanol–water partition coefficient (Wildman–Crippen LogP) is 6.51. The molecular formula is C36H44N6O4. The summed E-state index contributed by atoms with van der Waals surface area (Å²) in [6.07, 6.45) is 1.61. The van der Waals surface area contributed by atoms with E-state index in [1.54, 1.807) is 7.11 Å². The van der Waals surface area contributed by atoms with E-state index < -0.39 is 5.97 Å². The van der Waals surface area contributed by atoms with Gasteiger partial charge in [-0.3, -0.25) is 4.79 Å². The van der Waals surface area contributed by atoms with Gasteiger partial charge in [-0.05, 0) is 68.3 Å². The number of aldehydes is 1. The normalized spacial score (nSPS) is 12.1. The third-order valence-corrected chi connectivity index (χ3v) is 7.01. The number of carboxylic acids is 1. The highest BCUT2D eigenvalue weighted by molar-refractivity contribution is 6.09. The molecule has 1 aliphatic heterocycles. The van der Waals surface area contributed by atoms with Gasteiger partial charge in [0.25, 0.3) is 0 Å². The van der Waals surface area contributed by atoms with Crippen molar-refractivity contribution in [2.75, 3.05) is 47.3 Å². The highest BCUT2D eigenvalue weighted by atomic mass is 16.5. The van der Waals surface area contributed by atoms with Crippen molar-refractivity contribution in [1.82, 2.24) is 0 Å². The number of nitrogen functional groups attached to an aromatic ring is 4. The Morgan fingerprint density at radius 1 is 0.761 bits per heavy atom. The van der Waals surface area contributed by atoms with Gasteiger partial charge in [0.05, 0.1) is 13.0 Å². The summed E-state index contributed by atoms with van der Waals surface area (Å²) in [5.41, 5.74) is 29.7. The Morgan fingerprint density at radius 2 is 1.28 bits per heavy atom. The van der Waals surface area contributed by atoms with Crippen LogP contribution in [-0.4, -0.2) is 36.7 Å². The largest absolute Gasteiger partial charge is 0.481 e. The van der Waals surface area contributed by atoms with Crippen molar-refractivity contribution in [3.8, 4) is 0 Å². The highest BCUT2D eigenvalue weighted by Gasteiger charge is 2.24. The van der Waals surface area contributed by atoms with E-state index in [9.17, 15) is 9.59 Å². The number of carbonyl (C=O) groups excluding carboxylic acids is 1. The number of aliphatic carboxylic acids is 1. The van der Waals surface area contributed by atoms with Crippen molar-refractivity contribution in [1.29, 1.82) is 0 Å². The summed E-state index contributed by atoms with van der Waals surface area (Å²) in [7, 11) is 1.71. The molecule has 0 aromatic heterocycles. The number of carboxylic acid groups (broad SMARTS) is 1. The fourth-order valence-corrected chi connectivity index (χ4v) is 4.77. The van der Waals surface area contributed by atoms with Gasteiger partial charge in [-0.2, -0.15) is 0 Å². The first-order valence-electron chi connectivity index (χ1n) is 14.8. The smallest absolute Gasteiger partial charge is 0.303 e. The molecule has 1 aliphatic rings. The second kappa shape index (κ2) is 16.6. The number of nitrogens with two attached hydrogens (primary N) is 4. The lowest BCUT2D eigenvalue weighted by Crippen LogP contribution is -2.41. The van der Waals surface area contributed by atoms with Gasteiger partial charge < -0.3 is 48.2 Å². The Bertz CT molecular complexity index is 1700. The lowest BCUT2D eigenvalue weighted by Gasteiger charge is -2.36. The van der Waals surface area contributed by atoms with Gasteiger partial charge in [0.15, 0.2) is 0 Å². The summed E-state index contributed by atoms with van der Waals surface area (Å²) < 4.78 is 4.94. The van der Waals surface area contributed by atoms with E-state index in [1.807, 2.05) is 78.9 Å². The zero-order valence-corrected chi connectivity index (χ0v) is 26.5. The van der Waals surface area contributed by atoms with Crippen LogP contribution in [0, 0.1) is 0 Å². The molecule has 0 atom stereocenters. The molecular weight excluding hydrogens is 580 g/mol. The van der Waals surface area contributed by atoms with Crippen molar-refractivity contribution in [2.45, 2.75) is 38.8 Å². The van der Waals surface area contributed by atoms with Crippen LogP contribution in [0.1, 0.15) is 32.3 Å². The van der Waals surface area contributed by atoms with Gasteiger partial charge in [0.1, 0.15) is 11.9 Å². The molecule has 5 aromatic rings. The molecule has 46 heavy (non-hydrogen) atoms. The molecule has 0 amide bonds. The average molecular weight is 625 g/mol. The number of ether oxygens (including phenoxy) is 1. The molecule has 10 nitrogen and oxygen atoms in total. The Balaban J connectivity index is 0.000000174. The first-order valence-corrected chi connectivity index (χ1v) is 14.8. The molecule has 0 fully saturated rings. The minimum atomic E-state index is -0.924. The van der Waals surface area contributed by atoms with Crippen LogP contribution in [0.3, 0.4) is 0 Å². The molecule has 11 N–H and O–H groups in total. The number of benzene rings is 5. The molecule has 5 aromatic carbocycles. The molecule has 6 rings (SSSR count). The van der Waals surface area contributed by atoms with Crippen LogP contribution in [0.5, 0.6) is 0 Å². The molecule has 0 saturated heterocycles. The van der Waals surface area contributed by atoms with Crippen molar-refractivity contribution in [3.63, 3.8) is 0 Å². The zero-order chi connectivity index (χ0) is 33.7. The van der Waals surface area contributed by atoms with Gasteiger partial charge in [-0.15, -0.1) is 0 Å². The number of anilines is 6. The predicted molar refractivity (Wildman–Crippen MR) is 192 cm³/mol. The molecule has 0 saturated carbocycles. The first-order chi connectivity index (χ1) is 22.0. The van der Waals surface area contributed by atoms with Gasteiger partial charge >= 0.3 is 5.97 Å². The van der Waals surface area contributed by atoms with Gasteiger partial charge in [-0.25, -0.2) is 0 Å². The molecule has 0 spiro atoms. The number of methoxy groups -OCH3 is 1. The third kappa shape index (κ3) is 10.0. The lowest BCUT2D eigenvalue weighted by atomic mass is 10.00. The number of rotatable bonds is 6. The minimum Gasteiger partial charge on any atom is -0.481 e. The standard InChI is InChI=1S/C13H15N3.C10H10N2.C9H13NO.C4H6O3/c1-13(2)15-10-5-3-4-8-9(14)6-7-11(16-13)12(8)10;11-9-5-6-10(12)8-4-2-1-3-7(8)9;1-11-7-6-8-2-4-9(10)5-3-8;5-3-1-2-4(6)7/h3-7,15-16H,14H2,1-2H3;1-6H,11-12H2;2-5H,6-7,10H2,1H3;3H,1-2H2,(H,6,7). The van der Waals surface area contributed by atoms with E-state index in [0.29, 0.717) is 6.29 Å². The van der Waals surface area contributed by atoms with Crippen molar-refractivity contribution >= 4 is 67.9 Å². The SMILES string of the molecule is CC1(C)Nc2cccc3c(N)ccc(c23)N1.COCCc1ccc(N)cc1.Nc1ccc(N)c2ccccc12.O=CCCC(=O)O. The van der Waals surface area contributed by atoms with E-state index in [0.717, 1.165) is 63.3 Å². The second-order valence-electron chi connectivity index (χ2n) is 11.2. The number of hydrogen-bond acceptors (Lipinski definition) is 9. The first kappa shape index (κ1) is 35.0. The Morgan fingerprint density at radius 3 is 1.80 bits per heavy atom. The van der Waals surface area contributed by atoms with Crippen LogP contribution < -0.4 is 33.6 Å². The van der Waals surface area contributed by atoms with E-state index in [4.69, 9.17) is 32.8 Å². The highest BCUT2D eigenvalue weighted by Crippen LogP contribution is 2.39. The maximum Gasteiger partial charge on any atom is 0.303 e. The fraction of sp³-hybridized carbons (Fsp3) is 0.222. The van der Waals surface area contributed by atoms with E-state index in [2.05, 4.69) is 36.6 Å². The lowest BCUT2D eigenvalue weighted by molar-refractivity contribution is -0.137. The van der Waals surface area contributed by atoms with Crippen LogP contribution in [0.2, 0.25) is 0 Å². The maximum atomic E-state index is 9.60. The Hall–Kier alpha value is -5.48. The monoisotopic (exact) mass is 624 g/mol. The van der Waals surface area contributed by atoms with Crippen molar-refractivity contribution in [2.24, 2.45) is 0 Å². The number of hydrogen-bond donors (Lipinski definition) is 7. The van der Waals surface area contributed by atoms with Crippen LogP contribution >= 0.6 is 0 Å². The van der Waals surface area contributed by atoms with Crippen molar-refractivity contribution < 1.29 is 19.4 Å². The van der Waals surface area contributed by atoms with Crippen LogP contribution in [0.15, 0.2) is 91.0 Å². The minimum absolute atomic E-state index is 0.0521. The number of carbonyl (C=O) groups is 2. The maximum absolute atomic E-state index is 9.60. The summed E-state index contributed by atoms with van der Waals surface area (Å²) in [6.45, 7) is 5.00. The summed E-state index contributed by atoms with van der Waals surface area (Å²) in [4.78, 5) is 19.0. The van der Waals surface area contributed by atoms with E-state index >= 15 is 0 Å². The van der Waals surface area contributed by atoms with Crippen molar-refractivity contribution in [3.05, 3.63) is 96.6 Å². The molecule has 242 valence electrons. The summed E-state index contributed by atoms with van der Waals surface area (Å²) in [5, 5.41) is 19.1. The van der Waals surface area contributed by atoms with E-state index in [1.165, 1.54) is 10.9 Å². The van der Waals surface area contributed by atoms with Gasteiger partial charge in [0, 0.05) is 69.2 Å². The fourth-order valence-electron chi connectivity index (χ4n) is 4.77. The third-order valence-electron chi connectivity index (χ3n) is 7.01. The molecule has 1 heterocycles. The number of fused-ring (bicyclic) bond motifs is 1. The second-order valence-corrected chi connectivity index (χ2v) is 11.2.